The van der Waals surface area contributed by atoms with E-state index in [0.29, 0.717) is 18.6 Å². The SMILES string of the molecule is CNc1ncc2c(c1C)COCc1c-2ccc2c(=O)c(C(=O)O)cn(C3CC3)c12. The summed E-state index contributed by atoms with van der Waals surface area (Å²) in [5, 5.41) is 13.0. The van der Waals surface area contributed by atoms with Crippen LogP contribution in [0, 0.1) is 6.92 Å². The van der Waals surface area contributed by atoms with Crippen molar-refractivity contribution in [2.75, 3.05) is 12.4 Å². The van der Waals surface area contributed by atoms with Gasteiger partial charge in [0, 0.05) is 42.0 Å². The topological polar surface area (TPSA) is 93.5 Å². The average Bonchev–Trinajstić information content (AvgIpc) is 3.55. The highest BCUT2D eigenvalue weighted by Crippen LogP contribution is 2.41. The van der Waals surface area contributed by atoms with Crippen molar-refractivity contribution in [2.24, 2.45) is 0 Å². The first-order chi connectivity index (χ1) is 14.0. The van der Waals surface area contributed by atoms with Gasteiger partial charge in [-0.25, -0.2) is 9.78 Å². The molecule has 0 amide bonds. The Morgan fingerprint density at radius 2 is 2.00 bits per heavy atom. The molecular weight excluding hydrogens is 370 g/mol. The van der Waals surface area contributed by atoms with Gasteiger partial charge in [0.2, 0.25) is 5.43 Å². The summed E-state index contributed by atoms with van der Waals surface area (Å²) < 4.78 is 7.99. The number of nitrogens with one attached hydrogen (secondary N) is 1. The first-order valence-corrected chi connectivity index (χ1v) is 9.69. The predicted octanol–water partition coefficient (Wildman–Crippen LogP) is 3.48. The van der Waals surface area contributed by atoms with Crippen molar-refractivity contribution in [3.63, 3.8) is 0 Å². The Labute approximate surface area is 167 Å². The summed E-state index contributed by atoms with van der Waals surface area (Å²) in [5.74, 6) is -0.375. The summed E-state index contributed by atoms with van der Waals surface area (Å²) in [6, 6.07) is 3.87. The molecule has 3 aromatic rings. The van der Waals surface area contributed by atoms with E-state index < -0.39 is 11.4 Å². The summed E-state index contributed by atoms with van der Waals surface area (Å²) in [7, 11) is 1.84. The standard InChI is InChI=1S/C22H21N3O4/c1-11-17-9-29-10-18-13(15(17)7-24-21(11)23-2)5-6-14-19(18)25(12-3-4-12)8-16(20(14)26)22(27)28/h5-8,12H,3-4,9-10H2,1-2H3,(H,23,24)(H,27,28). The van der Waals surface area contributed by atoms with Gasteiger partial charge in [0.05, 0.1) is 18.7 Å². The molecule has 3 heterocycles. The molecule has 1 aliphatic carbocycles. The van der Waals surface area contributed by atoms with Crippen molar-refractivity contribution >= 4 is 22.7 Å². The predicted molar refractivity (Wildman–Crippen MR) is 109 cm³/mol. The molecular formula is C22H21N3O4. The molecule has 1 fully saturated rings. The first kappa shape index (κ1) is 17.9. The Bertz CT molecular complexity index is 1240. The number of fused-ring (bicyclic) bond motifs is 5. The van der Waals surface area contributed by atoms with E-state index in [4.69, 9.17) is 4.74 Å². The molecule has 148 valence electrons. The number of anilines is 1. The summed E-state index contributed by atoms with van der Waals surface area (Å²) in [6.07, 6.45) is 5.30. The number of carboxylic acids is 1. The summed E-state index contributed by atoms with van der Waals surface area (Å²) in [6.45, 7) is 2.83. The maximum absolute atomic E-state index is 12.9. The zero-order chi connectivity index (χ0) is 20.3. The lowest BCUT2D eigenvalue weighted by molar-refractivity contribution is 0.0695. The second kappa shape index (κ2) is 6.42. The van der Waals surface area contributed by atoms with Gasteiger partial charge < -0.3 is 19.7 Å². The summed E-state index contributed by atoms with van der Waals surface area (Å²) in [4.78, 5) is 29.0. The number of hydrogen-bond acceptors (Lipinski definition) is 5. The van der Waals surface area contributed by atoms with Crippen molar-refractivity contribution in [3.05, 3.63) is 57.0 Å². The molecule has 0 spiro atoms. The minimum Gasteiger partial charge on any atom is -0.477 e. The van der Waals surface area contributed by atoms with Gasteiger partial charge in [-0.05, 0) is 42.5 Å². The maximum atomic E-state index is 12.9. The molecule has 0 atom stereocenters. The monoisotopic (exact) mass is 391 g/mol. The van der Waals surface area contributed by atoms with E-state index in [1.807, 2.05) is 30.8 Å². The lowest BCUT2D eigenvalue weighted by atomic mass is 9.93. The Morgan fingerprint density at radius 3 is 2.69 bits per heavy atom. The molecule has 0 bridgehead atoms. The lowest BCUT2D eigenvalue weighted by Crippen LogP contribution is -2.19. The van der Waals surface area contributed by atoms with Gasteiger partial charge in [-0.2, -0.15) is 0 Å². The Hall–Kier alpha value is -3.19. The highest BCUT2D eigenvalue weighted by Gasteiger charge is 2.30. The van der Waals surface area contributed by atoms with Crippen molar-refractivity contribution in [1.29, 1.82) is 0 Å². The first-order valence-electron chi connectivity index (χ1n) is 9.69. The number of aromatic nitrogens is 2. The smallest absolute Gasteiger partial charge is 0.341 e. The van der Waals surface area contributed by atoms with Gasteiger partial charge in [-0.15, -0.1) is 0 Å². The van der Waals surface area contributed by atoms with Gasteiger partial charge in [-0.3, -0.25) is 4.79 Å². The number of carbonyl (C=O) groups is 1. The molecule has 2 aromatic heterocycles. The molecule has 7 heteroatoms. The van der Waals surface area contributed by atoms with Crippen LogP contribution < -0.4 is 10.7 Å². The molecule has 2 aliphatic rings. The fraction of sp³-hybridized carbons (Fsp3) is 0.318. The number of nitrogens with zero attached hydrogens (tertiary/aromatic N) is 2. The second-order valence-electron chi connectivity index (χ2n) is 7.67. The van der Waals surface area contributed by atoms with Crippen molar-refractivity contribution in [3.8, 4) is 11.1 Å². The van der Waals surface area contributed by atoms with E-state index in [9.17, 15) is 14.7 Å². The van der Waals surface area contributed by atoms with E-state index in [1.54, 1.807) is 6.07 Å². The van der Waals surface area contributed by atoms with E-state index in [1.165, 1.54) is 6.20 Å². The Morgan fingerprint density at radius 1 is 1.24 bits per heavy atom. The van der Waals surface area contributed by atoms with Gasteiger partial charge in [-0.1, -0.05) is 6.07 Å². The lowest BCUT2D eigenvalue weighted by Gasteiger charge is -2.18. The van der Waals surface area contributed by atoms with Crippen LogP contribution in [-0.2, 0) is 18.0 Å². The number of carboxylic acid groups (broad SMARTS) is 1. The van der Waals surface area contributed by atoms with E-state index in [2.05, 4.69) is 10.3 Å². The van der Waals surface area contributed by atoms with E-state index >= 15 is 0 Å². The fourth-order valence-corrected chi connectivity index (χ4v) is 4.29. The van der Waals surface area contributed by atoms with Crippen molar-refractivity contribution in [1.82, 2.24) is 9.55 Å². The molecule has 1 aromatic carbocycles. The van der Waals surface area contributed by atoms with Crippen LogP contribution in [0.15, 0.2) is 29.3 Å². The molecule has 0 unspecified atom stereocenters. The molecule has 0 saturated heterocycles. The highest BCUT2D eigenvalue weighted by atomic mass is 16.5. The number of rotatable bonds is 3. The Balaban J connectivity index is 1.86. The molecule has 29 heavy (non-hydrogen) atoms. The minimum absolute atomic E-state index is 0.185. The second-order valence-corrected chi connectivity index (χ2v) is 7.67. The highest BCUT2D eigenvalue weighted by molar-refractivity contribution is 5.96. The minimum atomic E-state index is -1.19. The zero-order valence-corrected chi connectivity index (χ0v) is 16.3. The van der Waals surface area contributed by atoms with Crippen LogP contribution in [0.5, 0.6) is 0 Å². The molecule has 1 saturated carbocycles. The van der Waals surface area contributed by atoms with Crippen LogP contribution in [0.4, 0.5) is 5.82 Å². The van der Waals surface area contributed by atoms with Crippen molar-refractivity contribution < 1.29 is 14.6 Å². The quantitative estimate of drug-likeness (QED) is 0.710. The molecule has 1 aliphatic heterocycles. The number of pyridine rings is 2. The normalized spacial score (nSPS) is 15.5. The van der Waals surface area contributed by atoms with Crippen LogP contribution in [0.3, 0.4) is 0 Å². The van der Waals surface area contributed by atoms with Crippen LogP contribution in [0.25, 0.3) is 22.0 Å². The number of hydrogen-bond donors (Lipinski definition) is 2. The largest absolute Gasteiger partial charge is 0.477 e. The van der Waals surface area contributed by atoms with Crippen molar-refractivity contribution in [2.45, 2.75) is 39.0 Å². The molecule has 7 nitrogen and oxygen atoms in total. The van der Waals surface area contributed by atoms with E-state index in [0.717, 1.165) is 52.0 Å². The van der Waals surface area contributed by atoms with Crippen LogP contribution >= 0.6 is 0 Å². The third-order valence-corrected chi connectivity index (χ3v) is 5.94. The van der Waals surface area contributed by atoms with Crippen LogP contribution in [-0.4, -0.2) is 27.7 Å². The Kier molecular flexibility index (Phi) is 3.96. The summed E-state index contributed by atoms with van der Waals surface area (Å²) in [5.41, 5.74) is 5.16. The van der Waals surface area contributed by atoms with Crippen LogP contribution in [0.2, 0.25) is 0 Å². The van der Waals surface area contributed by atoms with Gasteiger partial charge in [0.25, 0.3) is 0 Å². The van der Waals surface area contributed by atoms with E-state index in [-0.39, 0.29) is 11.6 Å². The average molecular weight is 391 g/mol. The van der Waals surface area contributed by atoms with Gasteiger partial charge in [0.15, 0.2) is 0 Å². The van der Waals surface area contributed by atoms with Gasteiger partial charge >= 0.3 is 5.97 Å². The molecule has 2 N–H and O–H groups in total. The zero-order valence-electron chi connectivity index (χ0n) is 16.3. The van der Waals surface area contributed by atoms with Gasteiger partial charge in [0.1, 0.15) is 11.4 Å². The third-order valence-electron chi connectivity index (χ3n) is 5.94. The fourth-order valence-electron chi connectivity index (χ4n) is 4.29. The number of ether oxygens (including phenoxy) is 1. The number of aromatic carboxylic acids is 1. The summed E-state index contributed by atoms with van der Waals surface area (Å²) >= 11 is 0. The maximum Gasteiger partial charge on any atom is 0.341 e. The molecule has 0 radical (unpaired) electrons. The van der Waals surface area contributed by atoms with Crippen LogP contribution in [0.1, 0.15) is 45.9 Å². The number of benzene rings is 1. The molecule has 5 rings (SSSR count). The third kappa shape index (κ3) is 2.65.